The van der Waals surface area contributed by atoms with Gasteiger partial charge in [-0.2, -0.15) is 15.0 Å². The Hall–Kier alpha value is -2.41. The van der Waals surface area contributed by atoms with E-state index in [0.29, 0.717) is 25.0 Å². The summed E-state index contributed by atoms with van der Waals surface area (Å²) >= 11 is 0. The standard InChI is InChI=1S/C15H21N5O2/c1-10(17-15-19-11(2)18-14(16)20-15)8-22-9-12-6-4-5-7-13(12)21-3/h4-7,10H,8-9H2,1-3H3,(H3,16,17,18,19,20). The minimum absolute atomic E-state index is 0.0379. The third-order valence-electron chi connectivity index (χ3n) is 2.96. The molecule has 22 heavy (non-hydrogen) atoms. The molecule has 1 unspecified atom stereocenters. The van der Waals surface area contributed by atoms with Crippen LogP contribution in [0, 0.1) is 6.92 Å². The Morgan fingerprint density at radius 3 is 2.73 bits per heavy atom. The molecule has 2 rings (SSSR count). The molecule has 0 fully saturated rings. The number of nitrogens with zero attached hydrogens (tertiary/aromatic N) is 3. The van der Waals surface area contributed by atoms with Crippen LogP contribution >= 0.6 is 0 Å². The molecule has 0 aliphatic rings. The lowest BCUT2D eigenvalue weighted by Crippen LogP contribution is -2.23. The van der Waals surface area contributed by atoms with E-state index in [4.69, 9.17) is 15.2 Å². The molecule has 1 heterocycles. The third-order valence-corrected chi connectivity index (χ3v) is 2.96. The predicted molar refractivity (Wildman–Crippen MR) is 84.7 cm³/mol. The molecule has 1 aromatic heterocycles. The fourth-order valence-corrected chi connectivity index (χ4v) is 2.00. The highest BCUT2D eigenvalue weighted by atomic mass is 16.5. The molecule has 7 heteroatoms. The van der Waals surface area contributed by atoms with Crippen molar-refractivity contribution in [3.05, 3.63) is 35.7 Å². The van der Waals surface area contributed by atoms with Crippen LogP contribution in [-0.4, -0.2) is 34.7 Å². The highest BCUT2D eigenvalue weighted by Crippen LogP contribution is 2.18. The second-order valence-corrected chi connectivity index (χ2v) is 4.94. The SMILES string of the molecule is COc1ccccc1COCC(C)Nc1nc(C)nc(N)n1. The van der Waals surface area contributed by atoms with Gasteiger partial charge in [-0.15, -0.1) is 0 Å². The zero-order valence-corrected chi connectivity index (χ0v) is 13.0. The number of hydrogen-bond acceptors (Lipinski definition) is 7. The summed E-state index contributed by atoms with van der Waals surface area (Å²) in [5.74, 6) is 2.07. The van der Waals surface area contributed by atoms with Crippen LogP contribution in [0.3, 0.4) is 0 Å². The van der Waals surface area contributed by atoms with E-state index >= 15 is 0 Å². The first-order valence-electron chi connectivity index (χ1n) is 7.03. The third kappa shape index (κ3) is 4.56. The fourth-order valence-electron chi connectivity index (χ4n) is 2.00. The molecule has 3 N–H and O–H groups in total. The number of anilines is 2. The van der Waals surface area contributed by atoms with Gasteiger partial charge in [0.25, 0.3) is 0 Å². The summed E-state index contributed by atoms with van der Waals surface area (Å²) in [4.78, 5) is 12.1. The smallest absolute Gasteiger partial charge is 0.228 e. The Bertz CT molecular complexity index is 600. The number of para-hydroxylation sites is 1. The summed E-state index contributed by atoms with van der Waals surface area (Å²) in [5, 5.41) is 3.14. The van der Waals surface area contributed by atoms with E-state index in [1.807, 2.05) is 31.2 Å². The lowest BCUT2D eigenvalue weighted by molar-refractivity contribution is 0.113. The molecule has 118 valence electrons. The summed E-state index contributed by atoms with van der Waals surface area (Å²) in [5.41, 5.74) is 6.61. The van der Waals surface area contributed by atoms with Crippen LogP contribution in [-0.2, 0) is 11.3 Å². The number of methoxy groups -OCH3 is 1. The minimum atomic E-state index is 0.0379. The number of benzene rings is 1. The first kappa shape index (κ1) is 16.0. The summed E-state index contributed by atoms with van der Waals surface area (Å²) in [7, 11) is 1.65. The van der Waals surface area contributed by atoms with Gasteiger partial charge < -0.3 is 20.5 Å². The van der Waals surface area contributed by atoms with E-state index < -0.39 is 0 Å². The first-order valence-corrected chi connectivity index (χ1v) is 7.03. The Morgan fingerprint density at radius 1 is 1.23 bits per heavy atom. The Morgan fingerprint density at radius 2 is 2.00 bits per heavy atom. The summed E-state index contributed by atoms with van der Waals surface area (Å²) in [6, 6.07) is 7.82. The maximum absolute atomic E-state index is 5.71. The number of aryl methyl sites for hydroxylation is 1. The van der Waals surface area contributed by atoms with Crippen molar-refractivity contribution in [1.29, 1.82) is 0 Å². The quantitative estimate of drug-likeness (QED) is 0.805. The average Bonchev–Trinajstić information content (AvgIpc) is 2.46. The highest BCUT2D eigenvalue weighted by molar-refractivity contribution is 5.33. The van der Waals surface area contributed by atoms with Crippen LogP contribution in [0.1, 0.15) is 18.3 Å². The lowest BCUT2D eigenvalue weighted by Gasteiger charge is -2.15. The van der Waals surface area contributed by atoms with Crippen LogP contribution in [0.5, 0.6) is 5.75 Å². The van der Waals surface area contributed by atoms with Crippen molar-refractivity contribution in [1.82, 2.24) is 15.0 Å². The van der Waals surface area contributed by atoms with Gasteiger partial charge in [0.1, 0.15) is 11.6 Å². The van der Waals surface area contributed by atoms with Gasteiger partial charge in [0.05, 0.1) is 20.3 Å². The van der Waals surface area contributed by atoms with E-state index in [1.165, 1.54) is 0 Å². The second-order valence-electron chi connectivity index (χ2n) is 4.94. The zero-order valence-electron chi connectivity index (χ0n) is 13.0. The molecule has 0 aliphatic heterocycles. The largest absolute Gasteiger partial charge is 0.496 e. The second kappa shape index (κ2) is 7.56. The van der Waals surface area contributed by atoms with Gasteiger partial charge in [-0.25, -0.2) is 0 Å². The van der Waals surface area contributed by atoms with Crippen molar-refractivity contribution in [2.45, 2.75) is 26.5 Å². The summed E-state index contributed by atoms with van der Waals surface area (Å²) in [6.45, 7) is 4.74. The van der Waals surface area contributed by atoms with E-state index in [9.17, 15) is 0 Å². The minimum Gasteiger partial charge on any atom is -0.496 e. The van der Waals surface area contributed by atoms with Gasteiger partial charge in [0, 0.05) is 11.6 Å². The van der Waals surface area contributed by atoms with Crippen LogP contribution in [0.25, 0.3) is 0 Å². The Labute approximate surface area is 129 Å². The van der Waals surface area contributed by atoms with Crippen molar-refractivity contribution in [2.24, 2.45) is 0 Å². The lowest BCUT2D eigenvalue weighted by atomic mass is 10.2. The first-order chi connectivity index (χ1) is 10.6. The normalized spacial score (nSPS) is 12.0. The molecular formula is C15H21N5O2. The molecular weight excluding hydrogens is 282 g/mol. The van der Waals surface area contributed by atoms with Crippen LogP contribution < -0.4 is 15.8 Å². The number of ether oxygens (including phenoxy) is 2. The number of aromatic nitrogens is 3. The van der Waals surface area contributed by atoms with Crippen LogP contribution in [0.2, 0.25) is 0 Å². The van der Waals surface area contributed by atoms with Gasteiger partial charge in [-0.1, -0.05) is 18.2 Å². The Balaban J connectivity index is 1.84. The number of hydrogen-bond donors (Lipinski definition) is 2. The highest BCUT2D eigenvalue weighted by Gasteiger charge is 2.08. The van der Waals surface area contributed by atoms with Gasteiger partial charge in [0.2, 0.25) is 11.9 Å². The molecule has 1 aromatic carbocycles. The maximum atomic E-state index is 5.71. The molecule has 0 spiro atoms. The molecule has 0 saturated heterocycles. The molecule has 0 bridgehead atoms. The van der Waals surface area contributed by atoms with Crippen LogP contribution in [0.15, 0.2) is 24.3 Å². The monoisotopic (exact) mass is 303 g/mol. The Kier molecular flexibility index (Phi) is 5.48. The average molecular weight is 303 g/mol. The molecule has 0 saturated carbocycles. The van der Waals surface area contributed by atoms with E-state index in [2.05, 4.69) is 20.3 Å². The topological polar surface area (TPSA) is 95.2 Å². The zero-order chi connectivity index (χ0) is 15.9. The molecule has 1 atom stereocenters. The van der Waals surface area contributed by atoms with E-state index in [1.54, 1.807) is 14.0 Å². The van der Waals surface area contributed by atoms with Gasteiger partial charge in [-0.05, 0) is 19.9 Å². The number of nitrogen functional groups attached to an aromatic ring is 1. The summed E-state index contributed by atoms with van der Waals surface area (Å²) in [6.07, 6.45) is 0. The number of nitrogens with two attached hydrogens (primary N) is 1. The summed E-state index contributed by atoms with van der Waals surface area (Å²) < 4.78 is 11.0. The van der Waals surface area contributed by atoms with Gasteiger partial charge in [-0.3, -0.25) is 0 Å². The number of nitrogens with one attached hydrogen (secondary N) is 1. The van der Waals surface area contributed by atoms with Crippen molar-refractivity contribution in [3.63, 3.8) is 0 Å². The van der Waals surface area contributed by atoms with Crippen molar-refractivity contribution in [2.75, 3.05) is 24.8 Å². The molecule has 0 radical (unpaired) electrons. The van der Waals surface area contributed by atoms with E-state index in [-0.39, 0.29) is 12.0 Å². The maximum Gasteiger partial charge on any atom is 0.228 e. The fraction of sp³-hybridized carbons (Fsp3) is 0.400. The number of rotatable bonds is 7. The van der Waals surface area contributed by atoms with Crippen LogP contribution in [0.4, 0.5) is 11.9 Å². The molecule has 7 nitrogen and oxygen atoms in total. The van der Waals surface area contributed by atoms with Gasteiger partial charge >= 0.3 is 0 Å². The van der Waals surface area contributed by atoms with Crippen molar-refractivity contribution in [3.8, 4) is 5.75 Å². The van der Waals surface area contributed by atoms with Crippen molar-refractivity contribution >= 4 is 11.9 Å². The molecule has 0 amide bonds. The van der Waals surface area contributed by atoms with E-state index in [0.717, 1.165) is 11.3 Å². The molecule has 2 aromatic rings. The van der Waals surface area contributed by atoms with Gasteiger partial charge in [0.15, 0.2) is 0 Å². The van der Waals surface area contributed by atoms with Crippen molar-refractivity contribution < 1.29 is 9.47 Å². The molecule has 0 aliphatic carbocycles. The predicted octanol–water partition coefficient (Wildman–Crippen LogP) is 1.79.